The molecule has 5 nitrogen and oxygen atoms in total. The molecule has 0 atom stereocenters. The minimum absolute atomic E-state index is 0.0647. The Morgan fingerprint density at radius 1 is 1.30 bits per heavy atom. The highest BCUT2D eigenvalue weighted by Crippen LogP contribution is 2.28. The molecule has 0 radical (unpaired) electrons. The number of nitrogens with one attached hydrogen (secondary N) is 1. The Balaban J connectivity index is 2.17. The van der Waals surface area contributed by atoms with Crippen molar-refractivity contribution in [3.8, 4) is 0 Å². The van der Waals surface area contributed by atoms with Gasteiger partial charge in [-0.2, -0.15) is 0 Å². The molecule has 20 heavy (non-hydrogen) atoms. The summed E-state index contributed by atoms with van der Waals surface area (Å²) in [5, 5.41) is 13.5. The number of nitro benzene ring substituents is 1. The Morgan fingerprint density at radius 3 is 2.65 bits per heavy atom. The molecule has 1 aromatic carbocycles. The van der Waals surface area contributed by atoms with Gasteiger partial charge in [0.2, 0.25) is 0 Å². The molecule has 0 fully saturated rings. The summed E-state index contributed by atoms with van der Waals surface area (Å²) in [6, 6.07) is 7.72. The predicted molar refractivity (Wildman–Crippen MR) is 78.6 cm³/mol. The minimum atomic E-state index is -0.667. The van der Waals surface area contributed by atoms with Gasteiger partial charge in [-0.15, -0.1) is 11.3 Å². The maximum absolute atomic E-state index is 12.0. The number of para-hydroxylation sites is 1. The Bertz CT molecular complexity index is 672. The molecule has 0 saturated heterocycles. The lowest BCUT2D eigenvalue weighted by molar-refractivity contribution is -0.385. The Kier molecular flexibility index (Phi) is 4.59. The van der Waals surface area contributed by atoms with E-state index < -0.39 is 16.5 Å². The van der Waals surface area contributed by atoms with Gasteiger partial charge in [0, 0.05) is 4.88 Å². The zero-order valence-electron chi connectivity index (χ0n) is 9.93. The summed E-state index contributed by atoms with van der Waals surface area (Å²) in [5.74, 6) is -0.552. The largest absolute Gasteiger partial charge is 0.347 e. The second-order valence-corrected chi connectivity index (χ2v) is 5.99. The smallest absolute Gasteiger partial charge is 0.300 e. The van der Waals surface area contributed by atoms with Crippen molar-refractivity contribution >= 4 is 46.1 Å². The summed E-state index contributed by atoms with van der Waals surface area (Å²) in [6.07, 6.45) is 0. The van der Waals surface area contributed by atoms with E-state index in [0.29, 0.717) is 4.34 Å². The van der Waals surface area contributed by atoms with Gasteiger partial charge >= 0.3 is 5.69 Å². The van der Waals surface area contributed by atoms with Crippen molar-refractivity contribution in [3.63, 3.8) is 0 Å². The molecule has 0 saturated carbocycles. The van der Waals surface area contributed by atoms with Crippen LogP contribution in [0.1, 0.15) is 15.2 Å². The zero-order chi connectivity index (χ0) is 14.7. The number of hydrogen-bond acceptors (Lipinski definition) is 4. The molecule has 1 N–H and O–H groups in total. The van der Waals surface area contributed by atoms with Crippen molar-refractivity contribution in [1.29, 1.82) is 0 Å². The molecular formula is C12H8Cl2N2O3S. The van der Waals surface area contributed by atoms with Crippen LogP contribution in [0.5, 0.6) is 0 Å². The van der Waals surface area contributed by atoms with E-state index in [0.717, 1.165) is 4.88 Å². The van der Waals surface area contributed by atoms with Gasteiger partial charge < -0.3 is 5.32 Å². The first-order valence-corrected chi connectivity index (χ1v) is 7.01. The van der Waals surface area contributed by atoms with Gasteiger partial charge in [-0.3, -0.25) is 14.9 Å². The normalized spacial score (nSPS) is 10.3. The van der Waals surface area contributed by atoms with Gasteiger partial charge in [0.1, 0.15) is 10.6 Å². The van der Waals surface area contributed by atoms with Crippen LogP contribution in [0.4, 0.5) is 5.69 Å². The van der Waals surface area contributed by atoms with E-state index in [2.05, 4.69) is 5.32 Å². The van der Waals surface area contributed by atoms with Crippen LogP contribution < -0.4 is 5.32 Å². The average Bonchev–Trinajstić information content (AvgIpc) is 2.81. The number of amides is 1. The molecule has 1 amide bonds. The Morgan fingerprint density at radius 2 is 2.05 bits per heavy atom. The molecule has 2 aromatic rings. The third-order valence-corrected chi connectivity index (χ3v) is 4.00. The first-order chi connectivity index (χ1) is 9.49. The van der Waals surface area contributed by atoms with Crippen molar-refractivity contribution in [2.45, 2.75) is 6.54 Å². The molecule has 0 unspecified atom stereocenters. The quantitative estimate of drug-likeness (QED) is 0.682. The molecule has 2 rings (SSSR count). The number of nitro groups is 1. The van der Waals surface area contributed by atoms with E-state index >= 15 is 0 Å². The monoisotopic (exact) mass is 330 g/mol. The summed E-state index contributed by atoms with van der Waals surface area (Å²) in [5.41, 5.74) is -0.457. The van der Waals surface area contributed by atoms with Crippen LogP contribution >= 0.6 is 34.5 Å². The molecule has 1 heterocycles. The Hall–Kier alpha value is -1.63. The number of halogens is 2. The van der Waals surface area contributed by atoms with Gasteiger partial charge in [0.15, 0.2) is 0 Å². The maximum Gasteiger partial charge on any atom is 0.300 e. The van der Waals surface area contributed by atoms with Crippen LogP contribution in [0.2, 0.25) is 9.36 Å². The first-order valence-electron chi connectivity index (χ1n) is 5.44. The van der Waals surface area contributed by atoms with Crippen LogP contribution in [0.15, 0.2) is 30.3 Å². The van der Waals surface area contributed by atoms with Crippen LogP contribution in [0.3, 0.4) is 0 Å². The highest BCUT2D eigenvalue weighted by Gasteiger charge is 2.23. The topological polar surface area (TPSA) is 72.2 Å². The van der Waals surface area contributed by atoms with Gasteiger partial charge in [0.25, 0.3) is 5.91 Å². The van der Waals surface area contributed by atoms with Crippen molar-refractivity contribution in [3.05, 3.63) is 60.2 Å². The number of benzene rings is 1. The minimum Gasteiger partial charge on any atom is -0.347 e. The molecule has 0 bridgehead atoms. The number of hydrogen-bond donors (Lipinski definition) is 1. The second-order valence-electron chi connectivity index (χ2n) is 3.78. The number of nitrogens with zero attached hydrogens (tertiary/aromatic N) is 1. The summed E-state index contributed by atoms with van der Waals surface area (Å²) >= 11 is 12.9. The molecule has 0 aliphatic rings. The van der Waals surface area contributed by atoms with Gasteiger partial charge in [0.05, 0.1) is 15.8 Å². The fourth-order valence-corrected chi connectivity index (χ4v) is 2.86. The number of carbonyl (C=O) groups excluding carboxylic acids is 1. The average molecular weight is 331 g/mol. The predicted octanol–water partition coefficient (Wildman–Crippen LogP) is 3.89. The lowest BCUT2D eigenvalue weighted by atomic mass is 10.1. The van der Waals surface area contributed by atoms with E-state index in [-0.39, 0.29) is 17.1 Å². The zero-order valence-corrected chi connectivity index (χ0v) is 12.3. The van der Waals surface area contributed by atoms with E-state index in [1.54, 1.807) is 12.1 Å². The SMILES string of the molecule is O=C(NCc1ccc(Cl)s1)c1cccc(Cl)c1[N+](=O)[O-]. The lowest BCUT2D eigenvalue weighted by Crippen LogP contribution is -2.23. The van der Waals surface area contributed by atoms with Crippen LogP contribution in [0, 0.1) is 10.1 Å². The first kappa shape index (κ1) is 14.8. The molecule has 0 spiro atoms. The fourth-order valence-electron chi connectivity index (χ4n) is 1.59. The third-order valence-electron chi connectivity index (χ3n) is 2.47. The number of thiophene rings is 1. The maximum atomic E-state index is 12.0. The standard InChI is InChI=1S/C12H8Cl2N2O3S/c13-9-3-1-2-8(11(9)16(18)19)12(17)15-6-7-4-5-10(14)20-7/h1-5H,6H2,(H,15,17). The fraction of sp³-hybridized carbons (Fsp3) is 0.0833. The van der Waals surface area contributed by atoms with Gasteiger partial charge in [-0.25, -0.2) is 0 Å². The van der Waals surface area contributed by atoms with E-state index in [1.165, 1.54) is 29.5 Å². The highest BCUT2D eigenvalue weighted by atomic mass is 35.5. The third kappa shape index (κ3) is 3.27. The van der Waals surface area contributed by atoms with Crippen LogP contribution in [-0.4, -0.2) is 10.8 Å². The molecule has 0 aliphatic carbocycles. The van der Waals surface area contributed by atoms with E-state index in [9.17, 15) is 14.9 Å². The van der Waals surface area contributed by atoms with E-state index in [4.69, 9.17) is 23.2 Å². The molecular weight excluding hydrogens is 323 g/mol. The Labute approximate surface area is 128 Å². The second kappa shape index (κ2) is 6.21. The van der Waals surface area contributed by atoms with Crippen molar-refractivity contribution in [2.75, 3.05) is 0 Å². The summed E-state index contributed by atoms with van der Waals surface area (Å²) in [4.78, 5) is 23.1. The van der Waals surface area contributed by atoms with Crippen molar-refractivity contribution < 1.29 is 9.72 Å². The number of carbonyl (C=O) groups is 1. The van der Waals surface area contributed by atoms with Gasteiger partial charge in [-0.05, 0) is 24.3 Å². The molecule has 8 heteroatoms. The van der Waals surface area contributed by atoms with E-state index in [1.807, 2.05) is 0 Å². The molecule has 1 aromatic heterocycles. The summed E-state index contributed by atoms with van der Waals surface area (Å²) in [6.45, 7) is 0.250. The summed E-state index contributed by atoms with van der Waals surface area (Å²) in [7, 11) is 0. The molecule has 0 aliphatic heterocycles. The van der Waals surface area contributed by atoms with Gasteiger partial charge in [-0.1, -0.05) is 29.3 Å². The van der Waals surface area contributed by atoms with Crippen LogP contribution in [0.25, 0.3) is 0 Å². The lowest BCUT2D eigenvalue weighted by Gasteiger charge is -2.05. The number of rotatable bonds is 4. The van der Waals surface area contributed by atoms with Crippen molar-refractivity contribution in [1.82, 2.24) is 5.32 Å². The highest BCUT2D eigenvalue weighted by molar-refractivity contribution is 7.16. The van der Waals surface area contributed by atoms with Crippen LogP contribution in [-0.2, 0) is 6.54 Å². The summed E-state index contributed by atoms with van der Waals surface area (Å²) < 4.78 is 0.614. The molecule has 104 valence electrons. The van der Waals surface area contributed by atoms with Crippen molar-refractivity contribution in [2.24, 2.45) is 0 Å².